The van der Waals surface area contributed by atoms with E-state index in [0.29, 0.717) is 10.2 Å². The first-order valence-electron chi connectivity index (χ1n) is 9.75. The van der Waals surface area contributed by atoms with Crippen molar-refractivity contribution >= 4 is 33.2 Å². The minimum absolute atomic E-state index is 0.104. The Labute approximate surface area is 196 Å². The van der Waals surface area contributed by atoms with Crippen molar-refractivity contribution in [2.75, 3.05) is 11.9 Å². The Hall–Kier alpha value is -3.15. The molecular formula is C22H21BrF2N4O4. The number of aliphatic hydroxyl groups is 1. The third-order valence-corrected chi connectivity index (χ3v) is 5.01. The number of carbonyl (C=O) groups excluding carboxylic acids is 1. The summed E-state index contributed by atoms with van der Waals surface area (Å²) in [4.78, 5) is 34.8. The summed E-state index contributed by atoms with van der Waals surface area (Å²) in [5.41, 5.74) is -0.551. The molecule has 3 aromatic rings. The highest BCUT2D eigenvalue weighted by Crippen LogP contribution is 2.27. The number of halogens is 3. The second-order valence-electron chi connectivity index (χ2n) is 7.69. The number of anilines is 2. The maximum atomic E-state index is 15.2. The molecule has 8 nitrogen and oxygen atoms in total. The van der Waals surface area contributed by atoms with E-state index in [4.69, 9.17) is 4.84 Å². The van der Waals surface area contributed by atoms with Crippen LogP contribution in [0.4, 0.5) is 20.2 Å². The van der Waals surface area contributed by atoms with Gasteiger partial charge < -0.3 is 15.0 Å². The average Bonchev–Trinajstić information content (AvgIpc) is 2.79. The van der Waals surface area contributed by atoms with Gasteiger partial charge in [-0.05, 0) is 44.2 Å². The van der Waals surface area contributed by atoms with Crippen LogP contribution in [0.3, 0.4) is 0 Å². The number of aliphatic hydroxyl groups excluding tert-OH is 1. The molecule has 0 aliphatic heterocycles. The first kappa shape index (κ1) is 24.5. The molecule has 0 bridgehead atoms. The first-order chi connectivity index (χ1) is 15.6. The molecule has 0 atom stereocenters. The molecule has 3 N–H and O–H groups in total. The molecule has 1 amide bonds. The molecule has 0 aliphatic carbocycles. The predicted octanol–water partition coefficient (Wildman–Crippen LogP) is 3.51. The molecule has 0 fully saturated rings. The van der Waals surface area contributed by atoms with Crippen molar-refractivity contribution in [1.82, 2.24) is 15.0 Å². The second-order valence-corrected chi connectivity index (χ2v) is 8.60. The molecule has 0 unspecified atom stereocenters. The lowest BCUT2D eigenvalue weighted by molar-refractivity contribution is -0.0956. The van der Waals surface area contributed by atoms with Crippen molar-refractivity contribution in [3.05, 3.63) is 86.5 Å². The summed E-state index contributed by atoms with van der Waals surface area (Å²) in [6.07, 6.45) is 2.64. The van der Waals surface area contributed by atoms with Gasteiger partial charge in [-0.25, -0.2) is 9.87 Å². The number of pyridine rings is 2. The fraction of sp³-hybridized carbons (Fsp3) is 0.227. The van der Waals surface area contributed by atoms with E-state index in [-0.39, 0.29) is 17.8 Å². The van der Waals surface area contributed by atoms with Gasteiger partial charge in [0.15, 0.2) is 0 Å². The zero-order valence-electron chi connectivity index (χ0n) is 17.7. The van der Waals surface area contributed by atoms with Crippen LogP contribution < -0.4 is 16.4 Å². The lowest BCUT2D eigenvalue weighted by Gasteiger charge is -2.22. The number of hydroxylamine groups is 1. The van der Waals surface area contributed by atoms with E-state index < -0.39 is 41.0 Å². The maximum Gasteiger partial charge on any atom is 0.289 e. The smallest absolute Gasteiger partial charge is 0.289 e. The van der Waals surface area contributed by atoms with Crippen molar-refractivity contribution in [3.8, 4) is 0 Å². The summed E-state index contributed by atoms with van der Waals surface area (Å²) in [7, 11) is 0. The molecule has 2 heterocycles. The topological polar surface area (TPSA) is 105 Å². The lowest BCUT2D eigenvalue weighted by Crippen LogP contribution is -2.39. The number of nitrogens with zero attached hydrogens (tertiary/aromatic N) is 2. The summed E-state index contributed by atoms with van der Waals surface area (Å²) in [5, 5.41) is 11.8. The molecule has 1 aromatic carbocycles. The van der Waals surface area contributed by atoms with Gasteiger partial charge in [-0.3, -0.25) is 19.4 Å². The van der Waals surface area contributed by atoms with Crippen LogP contribution >= 0.6 is 15.9 Å². The minimum atomic E-state index is -1.29. The Morgan fingerprint density at radius 1 is 1.27 bits per heavy atom. The van der Waals surface area contributed by atoms with Gasteiger partial charge in [0.1, 0.15) is 11.4 Å². The molecule has 0 aliphatic rings. The van der Waals surface area contributed by atoms with Crippen LogP contribution in [0.15, 0.2) is 58.1 Å². The highest BCUT2D eigenvalue weighted by Gasteiger charge is 2.25. The highest BCUT2D eigenvalue weighted by molar-refractivity contribution is 9.10. The van der Waals surface area contributed by atoms with Gasteiger partial charge in [-0.2, -0.15) is 4.39 Å². The van der Waals surface area contributed by atoms with Crippen LogP contribution in [0.2, 0.25) is 0 Å². The molecule has 0 spiro atoms. The van der Waals surface area contributed by atoms with Crippen molar-refractivity contribution in [2.24, 2.45) is 0 Å². The van der Waals surface area contributed by atoms with Crippen LogP contribution in [0, 0.1) is 11.6 Å². The molecule has 11 heteroatoms. The molecule has 0 saturated carbocycles. The van der Waals surface area contributed by atoms with Crippen molar-refractivity contribution in [1.29, 1.82) is 0 Å². The highest BCUT2D eigenvalue weighted by atomic mass is 79.9. The number of hydrogen-bond donors (Lipinski definition) is 3. The van der Waals surface area contributed by atoms with Gasteiger partial charge in [-0.1, -0.05) is 22.0 Å². The Bertz CT molecular complexity index is 1220. The van der Waals surface area contributed by atoms with E-state index in [2.05, 4.69) is 31.7 Å². The van der Waals surface area contributed by atoms with E-state index in [1.807, 2.05) is 0 Å². The molecule has 0 saturated heterocycles. The molecule has 3 rings (SSSR count). The van der Waals surface area contributed by atoms with Gasteiger partial charge in [0.25, 0.3) is 11.5 Å². The molecule has 33 heavy (non-hydrogen) atoms. The van der Waals surface area contributed by atoms with Crippen LogP contribution in [0.5, 0.6) is 0 Å². The number of carbonyl (C=O) groups is 1. The second kappa shape index (κ2) is 10.2. The summed E-state index contributed by atoms with van der Waals surface area (Å²) in [6.45, 7) is 2.53. The zero-order chi connectivity index (χ0) is 24.2. The summed E-state index contributed by atoms with van der Waals surface area (Å²) in [6, 6.07) is 9.01. The normalized spacial score (nSPS) is 11.3. The van der Waals surface area contributed by atoms with Crippen LogP contribution in [0.1, 0.15) is 29.9 Å². The van der Waals surface area contributed by atoms with Gasteiger partial charge in [-0.15, -0.1) is 0 Å². The zero-order valence-corrected chi connectivity index (χ0v) is 19.3. The minimum Gasteiger partial charge on any atom is -0.393 e. The third-order valence-electron chi connectivity index (χ3n) is 4.52. The number of rotatable bonds is 8. The lowest BCUT2D eigenvalue weighted by atomic mass is 10.1. The summed E-state index contributed by atoms with van der Waals surface area (Å²) in [5.74, 6) is -2.93. The van der Waals surface area contributed by atoms with E-state index in [9.17, 15) is 19.1 Å². The number of amides is 1. The van der Waals surface area contributed by atoms with Gasteiger partial charge in [0.2, 0.25) is 5.82 Å². The standard InChI is InChI=1S/C22H21BrF2N4O4/c1-22(2,12-30)33-28-20(31)15-11-29(10-14-5-3-4-8-26-14)21(32)18(25)19(15)27-17-7-6-13(23)9-16(17)24/h3-9,11,27,30H,10,12H2,1-2H3,(H,28,31). The fourth-order valence-electron chi connectivity index (χ4n) is 2.71. The monoisotopic (exact) mass is 522 g/mol. The number of benzene rings is 1. The van der Waals surface area contributed by atoms with Crippen molar-refractivity contribution in [2.45, 2.75) is 26.0 Å². The van der Waals surface area contributed by atoms with E-state index >= 15 is 4.39 Å². The van der Waals surface area contributed by atoms with Gasteiger partial charge in [0, 0.05) is 16.9 Å². The van der Waals surface area contributed by atoms with Crippen LogP contribution in [-0.2, 0) is 11.4 Å². The molecule has 2 aromatic heterocycles. The summed E-state index contributed by atoms with van der Waals surface area (Å²) < 4.78 is 31.0. The first-order valence-corrected chi connectivity index (χ1v) is 10.5. The summed E-state index contributed by atoms with van der Waals surface area (Å²) >= 11 is 3.13. The molecule has 0 radical (unpaired) electrons. The van der Waals surface area contributed by atoms with E-state index in [1.165, 1.54) is 32.2 Å². The Kier molecular flexibility index (Phi) is 7.57. The van der Waals surface area contributed by atoms with E-state index in [1.54, 1.807) is 18.2 Å². The Morgan fingerprint density at radius 3 is 2.67 bits per heavy atom. The van der Waals surface area contributed by atoms with Crippen LogP contribution in [0.25, 0.3) is 0 Å². The fourth-order valence-corrected chi connectivity index (χ4v) is 3.04. The largest absolute Gasteiger partial charge is 0.393 e. The third kappa shape index (κ3) is 6.01. The quantitative estimate of drug-likeness (QED) is 0.391. The molecular weight excluding hydrogens is 502 g/mol. The average molecular weight is 523 g/mol. The van der Waals surface area contributed by atoms with Crippen LogP contribution in [-0.4, -0.2) is 32.8 Å². The van der Waals surface area contributed by atoms with Crippen molar-refractivity contribution in [3.63, 3.8) is 0 Å². The number of aromatic nitrogens is 2. The maximum absolute atomic E-state index is 15.2. The molecule has 174 valence electrons. The van der Waals surface area contributed by atoms with Crippen molar-refractivity contribution < 1.29 is 23.5 Å². The number of nitrogens with one attached hydrogen (secondary N) is 2. The Balaban J connectivity index is 2.06. The van der Waals surface area contributed by atoms with Gasteiger partial charge in [0.05, 0.1) is 35.8 Å². The number of hydrogen-bond acceptors (Lipinski definition) is 6. The predicted molar refractivity (Wildman–Crippen MR) is 121 cm³/mol. The van der Waals surface area contributed by atoms with E-state index in [0.717, 1.165) is 16.8 Å². The van der Waals surface area contributed by atoms with Gasteiger partial charge >= 0.3 is 0 Å². The SMILES string of the molecule is CC(C)(CO)ONC(=O)c1cn(Cc2ccccn2)c(=O)c(F)c1Nc1ccc(Br)cc1F. The Morgan fingerprint density at radius 2 is 2.03 bits per heavy atom.